The lowest BCUT2D eigenvalue weighted by atomic mass is 10.1. The lowest BCUT2D eigenvalue weighted by Gasteiger charge is -2.19. The number of carbonyl (C=O) groups is 2. The van der Waals surface area contributed by atoms with Crippen molar-refractivity contribution in [2.75, 3.05) is 6.54 Å². The number of aromatic nitrogens is 2. The third kappa shape index (κ3) is 5.46. The summed E-state index contributed by atoms with van der Waals surface area (Å²) < 4.78 is 0. The van der Waals surface area contributed by atoms with Gasteiger partial charge in [0.2, 0.25) is 0 Å². The van der Waals surface area contributed by atoms with Crippen molar-refractivity contribution in [2.24, 2.45) is 0 Å². The van der Waals surface area contributed by atoms with Gasteiger partial charge >= 0.3 is 0 Å². The summed E-state index contributed by atoms with van der Waals surface area (Å²) in [4.78, 5) is 32.2. The fraction of sp³-hybridized carbons (Fsp3) is 0.333. The largest absolute Gasteiger partial charge is 0.350 e. The topological polar surface area (TPSA) is 84.0 Å². The Balaban J connectivity index is 1.93. The van der Waals surface area contributed by atoms with E-state index in [-0.39, 0.29) is 17.9 Å². The molecule has 0 aliphatic rings. The quantitative estimate of drug-likeness (QED) is 0.779. The van der Waals surface area contributed by atoms with E-state index < -0.39 is 0 Å². The number of hydrogen-bond donors (Lipinski definition) is 2. The maximum absolute atomic E-state index is 12.3. The van der Waals surface area contributed by atoms with Gasteiger partial charge in [-0.25, -0.2) is 0 Å². The highest BCUT2D eigenvalue weighted by molar-refractivity contribution is 5.95. The number of hydrogen-bond acceptors (Lipinski definition) is 4. The minimum atomic E-state index is -0.194. The molecule has 6 heteroatoms. The van der Waals surface area contributed by atoms with Crippen molar-refractivity contribution in [2.45, 2.75) is 32.2 Å². The minimum absolute atomic E-state index is 0.127. The second kappa shape index (κ2) is 9.39. The molecule has 0 radical (unpaired) electrons. The summed E-state index contributed by atoms with van der Waals surface area (Å²) in [5.41, 5.74) is 1.02. The second-order valence-electron chi connectivity index (χ2n) is 5.51. The van der Waals surface area contributed by atoms with Crippen LogP contribution in [0, 0.1) is 0 Å². The molecular weight excluding hydrogens is 304 g/mol. The fourth-order valence-corrected chi connectivity index (χ4v) is 2.26. The van der Waals surface area contributed by atoms with E-state index in [0.717, 1.165) is 19.3 Å². The van der Waals surface area contributed by atoms with Gasteiger partial charge < -0.3 is 10.6 Å². The first-order valence-corrected chi connectivity index (χ1v) is 8.09. The van der Waals surface area contributed by atoms with Gasteiger partial charge in [0.1, 0.15) is 0 Å². The summed E-state index contributed by atoms with van der Waals surface area (Å²) in [6.45, 7) is 2.47. The van der Waals surface area contributed by atoms with Crippen LogP contribution in [0.1, 0.15) is 46.9 Å². The molecule has 0 aliphatic carbocycles. The first kappa shape index (κ1) is 17.6. The van der Waals surface area contributed by atoms with Gasteiger partial charge in [-0.2, -0.15) is 0 Å². The van der Waals surface area contributed by atoms with Crippen molar-refractivity contribution < 1.29 is 9.59 Å². The highest BCUT2D eigenvalue weighted by atomic mass is 16.2. The summed E-state index contributed by atoms with van der Waals surface area (Å²) in [6.07, 6.45) is 9.09. The highest BCUT2D eigenvalue weighted by Crippen LogP contribution is 2.04. The Hall–Kier alpha value is -2.76. The third-order valence-corrected chi connectivity index (χ3v) is 3.60. The van der Waals surface area contributed by atoms with E-state index in [9.17, 15) is 9.59 Å². The summed E-state index contributed by atoms with van der Waals surface area (Å²) in [7, 11) is 0. The molecule has 1 unspecified atom stereocenters. The van der Waals surface area contributed by atoms with Crippen LogP contribution in [-0.2, 0) is 0 Å². The molecule has 2 aromatic rings. The Kier molecular flexibility index (Phi) is 6.89. The predicted molar refractivity (Wildman–Crippen MR) is 91.6 cm³/mol. The molecule has 24 heavy (non-hydrogen) atoms. The van der Waals surface area contributed by atoms with E-state index in [1.807, 2.05) is 0 Å². The van der Waals surface area contributed by atoms with E-state index in [1.165, 1.54) is 12.4 Å². The van der Waals surface area contributed by atoms with Crippen LogP contribution >= 0.6 is 0 Å². The van der Waals surface area contributed by atoms with E-state index >= 15 is 0 Å². The van der Waals surface area contributed by atoms with Crippen LogP contribution in [0.25, 0.3) is 0 Å². The van der Waals surface area contributed by atoms with Gasteiger partial charge in [-0.15, -0.1) is 0 Å². The Morgan fingerprint density at radius 3 is 2.21 bits per heavy atom. The minimum Gasteiger partial charge on any atom is -0.350 e. The molecule has 0 saturated carbocycles. The van der Waals surface area contributed by atoms with Crippen LogP contribution in [0.2, 0.25) is 0 Å². The van der Waals surface area contributed by atoms with Gasteiger partial charge in [-0.05, 0) is 30.7 Å². The van der Waals surface area contributed by atoms with E-state index in [2.05, 4.69) is 27.5 Å². The number of nitrogens with one attached hydrogen (secondary N) is 2. The smallest absolute Gasteiger partial charge is 0.253 e. The van der Waals surface area contributed by atoms with Crippen LogP contribution in [0.15, 0.2) is 49.1 Å². The van der Waals surface area contributed by atoms with Crippen LogP contribution in [0.4, 0.5) is 0 Å². The molecule has 2 heterocycles. The first-order valence-electron chi connectivity index (χ1n) is 8.09. The Labute approximate surface area is 141 Å². The van der Waals surface area contributed by atoms with Crippen molar-refractivity contribution >= 4 is 11.8 Å². The van der Waals surface area contributed by atoms with E-state index in [1.54, 1.807) is 36.7 Å². The maximum Gasteiger partial charge on any atom is 0.253 e. The molecule has 2 amide bonds. The first-order chi connectivity index (χ1) is 11.7. The van der Waals surface area contributed by atoms with E-state index in [4.69, 9.17) is 0 Å². The van der Waals surface area contributed by atoms with Gasteiger partial charge in [0.25, 0.3) is 11.8 Å². The van der Waals surface area contributed by atoms with Gasteiger partial charge in [-0.3, -0.25) is 19.6 Å². The number of unbranched alkanes of at least 4 members (excludes halogenated alkanes) is 1. The number of amides is 2. The molecule has 126 valence electrons. The van der Waals surface area contributed by atoms with Gasteiger partial charge in [0.15, 0.2) is 0 Å². The standard InChI is InChI=1S/C18H22N4O2/c1-2-3-8-16(22-18(24)15-7-5-10-20-12-15)13-21-17(23)14-6-4-9-19-11-14/h4-7,9-12,16H,2-3,8,13H2,1H3,(H,21,23)(H,22,24). The molecule has 0 aliphatic heterocycles. The molecule has 1 atom stereocenters. The SMILES string of the molecule is CCCCC(CNC(=O)c1cccnc1)NC(=O)c1cccnc1. The zero-order valence-electron chi connectivity index (χ0n) is 13.7. The molecule has 0 fully saturated rings. The number of nitrogens with zero attached hydrogens (tertiary/aromatic N) is 2. The Bertz CT molecular complexity index is 647. The second-order valence-corrected chi connectivity index (χ2v) is 5.51. The predicted octanol–water partition coefficient (Wildman–Crippen LogP) is 2.20. The van der Waals surface area contributed by atoms with Crippen molar-refractivity contribution in [3.05, 3.63) is 60.2 Å². The molecule has 6 nitrogen and oxygen atoms in total. The lowest BCUT2D eigenvalue weighted by Crippen LogP contribution is -2.43. The highest BCUT2D eigenvalue weighted by Gasteiger charge is 2.15. The van der Waals surface area contributed by atoms with Crippen molar-refractivity contribution in [3.63, 3.8) is 0 Å². The molecule has 0 spiro atoms. The molecule has 0 bridgehead atoms. The normalized spacial score (nSPS) is 11.5. The Morgan fingerprint density at radius 1 is 1.04 bits per heavy atom. The van der Waals surface area contributed by atoms with Gasteiger partial charge in [0, 0.05) is 37.4 Å². The van der Waals surface area contributed by atoms with Gasteiger partial charge in [0.05, 0.1) is 11.1 Å². The molecule has 2 rings (SSSR count). The van der Waals surface area contributed by atoms with Crippen molar-refractivity contribution in [1.82, 2.24) is 20.6 Å². The maximum atomic E-state index is 12.3. The zero-order chi connectivity index (χ0) is 17.2. The van der Waals surface area contributed by atoms with Crippen molar-refractivity contribution in [1.29, 1.82) is 0 Å². The molecule has 0 saturated heterocycles. The van der Waals surface area contributed by atoms with Gasteiger partial charge in [-0.1, -0.05) is 19.8 Å². The summed E-state index contributed by atoms with van der Waals surface area (Å²) in [5.74, 6) is -0.375. The average molecular weight is 326 g/mol. The van der Waals surface area contributed by atoms with Crippen LogP contribution < -0.4 is 10.6 Å². The van der Waals surface area contributed by atoms with Crippen molar-refractivity contribution in [3.8, 4) is 0 Å². The molecule has 0 aromatic carbocycles. The van der Waals surface area contributed by atoms with Crippen LogP contribution in [-0.4, -0.2) is 34.4 Å². The number of rotatable bonds is 8. The zero-order valence-corrected chi connectivity index (χ0v) is 13.7. The molecule has 2 N–H and O–H groups in total. The monoisotopic (exact) mass is 326 g/mol. The molecule has 2 aromatic heterocycles. The van der Waals surface area contributed by atoms with Crippen LogP contribution in [0.3, 0.4) is 0 Å². The van der Waals surface area contributed by atoms with E-state index in [0.29, 0.717) is 17.7 Å². The number of pyridine rings is 2. The fourth-order valence-electron chi connectivity index (χ4n) is 2.26. The molecular formula is C18H22N4O2. The number of carbonyl (C=O) groups excluding carboxylic acids is 2. The Morgan fingerprint density at radius 2 is 1.67 bits per heavy atom. The lowest BCUT2D eigenvalue weighted by molar-refractivity contribution is 0.0905. The summed E-state index contributed by atoms with van der Waals surface area (Å²) in [6, 6.07) is 6.73. The summed E-state index contributed by atoms with van der Waals surface area (Å²) in [5, 5.41) is 5.82. The van der Waals surface area contributed by atoms with Crippen LogP contribution in [0.5, 0.6) is 0 Å². The summed E-state index contributed by atoms with van der Waals surface area (Å²) >= 11 is 0. The average Bonchev–Trinajstić information content (AvgIpc) is 2.65. The third-order valence-electron chi connectivity index (χ3n) is 3.60.